The molecule has 3 rings (SSSR count). The van der Waals surface area contributed by atoms with Gasteiger partial charge in [-0.1, -0.05) is 42.8 Å². The Hall–Kier alpha value is -1.41. The number of ketones is 1. The number of allylic oxidation sites excluding steroid dienone is 1. The Morgan fingerprint density at radius 1 is 1.18 bits per heavy atom. The second kappa shape index (κ2) is 7.23. The maximum absolute atomic E-state index is 12.4. The molecule has 2 nitrogen and oxygen atoms in total. The summed E-state index contributed by atoms with van der Waals surface area (Å²) in [5.74, 6) is 0.762. The van der Waals surface area contributed by atoms with Gasteiger partial charge in [-0.3, -0.25) is 9.69 Å². The molecule has 2 unspecified atom stereocenters. The molecular formula is C20H27NO. The zero-order valence-electron chi connectivity index (χ0n) is 13.4. The molecule has 2 heteroatoms. The summed E-state index contributed by atoms with van der Waals surface area (Å²) in [4.78, 5) is 15.1. The predicted molar refractivity (Wildman–Crippen MR) is 90.6 cm³/mol. The Bertz CT molecular complexity index is 496. The van der Waals surface area contributed by atoms with Crippen molar-refractivity contribution in [2.24, 2.45) is 5.92 Å². The summed E-state index contributed by atoms with van der Waals surface area (Å²) in [6.45, 7) is 4.78. The predicted octanol–water partition coefficient (Wildman–Crippen LogP) is 4.36. The van der Waals surface area contributed by atoms with Crippen molar-refractivity contribution in [3.63, 3.8) is 0 Å². The van der Waals surface area contributed by atoms with Gasteiger partial charge in [-0.2, -0.15) is 0 Å². The van der Waals surface area contributed by atoms with Crippen molar-refractivity contribution in [3.8, 4) is 0 Å². The Morgan fingerprint density at radius 2 is 1.86 bits per heavy atom. The summed E-state index contributed by atoms with van der Waals surface area (Å²) < 4.78 is 0. The Morgan fingerprint density at radius 3 is 2.50 bits per heavy atom. The molecule has 2 aliphatic rings. The van der Waals surface area contributed by atoms with Crippen LogP contribution in [0, 0.1) is 5.92 Å². The van der Waals surface area contributed by atoms with Crippen molar-refractivity contribution in [2.75, 3.05) is 0 Å². The number of piperidine rings is 2. The first-order valence-corrected chi connectivity index (χ1v) is 8.71. The van der Waals surface area contributed by atoms with Crippen LogP contribution in [0.5, 0.6) is 0 Å². The number of nitrogens with zero attached hydrogens (tertiary/aromatic N) is 1. The highest BCUT2D eigenvalue weighted by Gasteiger charge is 2.39. The van der Waals surface area contributed by atoms with E-state index in [0.29, 0.717) is 30.2 Å². The third-order valence-corrected chi connectivity index (χ3v) is 5.38. The van der Waals surface area contributed by atoms with Crippen LogP contribution in [-0.4, -0.2) is 22.8 Å². The van der Waals surface area contributed by atoms with Gasteiger partial charge in [0, 0.05) is 31.0 Å². The summed E-state index contributed by atoms with van der Waals surface area (Å²) in [5, 5.41) is 0. The number of hydrogen-bond acceptors (Lipinski definition) is 2. The van der Waals surface area contributed by atoms with Crippen LogP contribution >= 0.6 is 0 Å². The number of rotatable bonds is 6. The van der Waals surface area contributed by atoms with Crippen molar-refractivity contribution < 1.29 is 4.79 Å². The van der Waals surface area contributed by atoms with Crippen molar-refractivity contribution in [2.45, 2.75) is 63.6 Å². The summed E-state index contributed by atoms with van der Waals surface area (Å²) >= 11 is 0. The van der Waals surface area contributed by atoms with Crippen LogP contribution in [0.1, 0.15) is 50.5 Å². The topological polar surface area (TPSA) is 20.3 Å². The van der Waals surface area contributed by atoms with Gasteiger partial charge in [0.25, 0.3) is 0 Å². The van der Waals surface area contributed by atoms with Gasteiger partial charge >= 0.3 is 0 Å². The maximum Gasteiger partial charge on any atom is 0.136 e. The third kappa shape index (κ3) is 3.49. The Kier molecular flexibility index (Phi) is 5.09. The van der Waals surface area contributed by atoms with Gasteiger partial charge in [0.05, 0.1) is 0 Å². The molecule has 2 fully saturated rings. The average molecular weight is 297 g/mol. The highest BCUT2D eigenvalue weighted by molar-refractivity contribution is 5.81. The molecule has 0 aromatic heterocycles. The lowest BCUT2D eigenvalue weighted by Gasteiger charge is -2.48. The second-order valence-corrected chi connectivity index (χ2v) is 6.86. The van der Waals surface area contributed by atoms with Crippen molar-refractivity contribution in [3.05, 3.63) is 48.6 Å². The largest absolute Gasteiger partial charge is 0.299 e. The third-order valence-electron chi connectivity index (χ3n) is 5.38. The van der Waals surface area contributed by atoms with Crippen LogP contribution in [0.25, 0.3) is 0 Å². The van der Waals surface area contributed by atoms with E-state index in [4.69, 9.17) is 0 Å². The van der Waals surface area contributed by atoms with Crippen LogP contribution in [0.2, 0.25) is 0 Å². The van der Waals surface area contributed by atoms with Crippen LogP contribution in [-0.2, 0) is 11.3 Å². The summed E-state index contributed by atoms with van der Waals surface area (Å²) in [5.41, 5.74) is 1.40. The molecule has 0 spiro atoms. The normalized spacial score (nSPS) is 28.3. The van der Waals surface area contributed by atoms with Crippen LogP contribution < -0.4 is 0 Å². The number of carbonyl (C=O) groups is 1. The number of hydrogen-bond donors (Lipinski definition) is 0. The molecule has 0 radical (unpaired) electrons. The molecule has 2 atom stereocenters. The summed E-state index contributed by atoms with van der Waals surface area (Å²) in [6.07, 6.45) is 9.36. The molecular weight excluding hydrogens is 270 g/mol. The quantitative estimate of drug-likeness (QED) is 0.727. The van der Waals surface area contributed by atoms with Gasteiger partial charge in [0.1, 0.15) is 5.78 Å². The van der Waals surface area contributed by atoms with Gasteiger partial charge in [-0.05, 0) is 37.7 Å². The lowest BCUT2D eigenvalue weighted by molar-refractivity contribution is -0.127. The molecule has 0 aliphatic carbocycles. The first kappa shape index (κ1) is 15.5. The van der Waals surface area contributed by atoms with Crippen molar-refractivity contribution >= 4 is 5.78 Å². The fraction of sp³-hybridized carbons (Fsp3) is 0.550. The monoisotopic (exact) mass is 297 g/mol. The van der Waals surface area contributed by atoms with Crippen molar-refractivity contribution in [1.82, 2.24) is 4.90 Å². The Labute approximate surface area is 134 Å². The summed E-state index contributed by atoms with van der Waals surface area (Å²) in [7, 11) is 0. The first-order chi connectivity index (χ1) is 10.8. The van der Waals surface area contributed by atoms with E-state index in [0.717, 1.165) is 25.8 Å². The molecule has 2 heterocycles. The van der Waals surface area contributed by atoms with E-state index in [1.165, 1.54) is 24.8 Å². The zero-order chi connectivity index (χ0) is 15.4. The van der Waals surface area contributed by atoms with Crippen LogP contribution in [0.3, 0.4) is 0 Å². The first-order valence-electron chi connectivity index (χ1n) is 8.71. The number of Topliss-reactive ketones (excluding diaryl/α,β-unsaturated/α-hetero) is 1. The van der Waals surface area contributed by atoms with E-state index in [1.54, 1.807) is 0 Å². The van der Waals surface area contributed by atoms with E-state index in [1.807, 2.05) is 6.08 Å². The van der Waals surface area contributed by atoms with Gasteiger partial charge < -0.3 is 0 Å². The van der Waals surface area contributed by atoms with Gasteiger partial charge in [-0.25, -0.2) is 0 Å². The molecule has 0 N–H and O–H groups in total. The number of fused-ring (bicyclic) bond motifs is 2. The van der Waals surface area contributed by atoms with E-state index < -0.39 is 0 Å². The number of carbonyl (C=O) groups excluding carboxylic acids is 1. The SMILES string of the molecule is C=CCCC(=O)C1CC2CCCC(C1)N2Cc1ccccc1. The molecule has 0 saturated carbocycles. The fourth-order valence-electron chi connectivity index (χ4n) is 4.24. The molecule has 1 aromatic rings. The molecule has 118 valence electrons. The lowest BCUT2D eigenvalue weighted by Crippen LogP contribution is -2.52. The average Bonchev–Trinajstić information content (AvgIpc) is 2.53. The molecule has 2 saturated heterocycles. The Balaban J connectivity index is 1.66. The molecule has 1 aromatic carbocycles. The maximum atomic E-state index is 12.4. The minimum absolute atomic E-state index is 0.294. The minimum atomic E-state index is 0.294. The fourth-order valence-corrected chi connectivity index (χ4v) is 4.24. The van der Waals surface area contributed by atoms with E-state index in [9.17, 15) is 4.79 Å². The van der Waals surface area contributed by atoms with Gasteiger partial charge in [0.2, 0.25) is 0 Å². The smallest absolute Gasteiger partial charge is 0.136 e. The van der Waals surface area contributed by atoms with Crippen molar-refractivity contribution in [1.29, 1.82) is 0 Å². The van der Waals surface area contributed by atoms with E-state index in [-0.39, 0.29) is 0 Å². The molecule has 0 amide bonds. The molecule has 2 aliphatic heterocycles. The standard InChI is InChI=1S/C20H27NO/c1-2-3-12-20(22)17-13-18-10-7-11-19(14-17)21(18)15-16-8-5-4-6-9-16/h2,4-6,8-9,17-19H,1,3,7,10-15H2. The van der Waals surface area contributed by atoms with Crippen LogP contribution in [0.15, 0.2) is 43.0 Å². The van der Waals surface area contributed by atoms with E-state index in [2.05, 4.69) is 41.8 Å². The van der Waals surface area contributed by atoms with Crippen LogP contribution in [0.4, 0.5) is 0 Å². The second-order valence-electron chi connectivity index (χ2n) is 6.86. The summed E-state index contributed by atoms with van der Waals surface area (Å²) in [6, 6.07) is 12.0. The minimum Gasteiger partial charge on any atom is -0.299 e. The molecule has 22 heavy (non-hydrogen) atoms. The van der Waals surface area contributed by atoms with E-state index >= 15 is 0 Å². The van der Waals surface area contributed by atoms with Gasteiger partial charge in [-0.15, -0.1) is 6.58 Å². The zero-order valence-corrected chi connectivity index (χ0v) is 13.4. The number of benzene rings is 1. The molecule has 2 bridgehead atoms. The highest BCUT2D eigenvalue weighted by Crippen LogP contribution is 2.38. The lowest BCUT2D eigenvalue weighted by atomic mass is 9.76. The highest BCUT2D eigenvalue weighted by atomic mass is 16.1. The van der Waals surface area contributed by atoms with Gasteiger partial charge in [0.15, 0.2) is 0 Å².